The Kier molecular flexibility index (Phi) is 2.29. The molecule has 11 heavy (non-hydrogen) atoms. The van der Waals surface area contributed by atoms with Crippen LogP contribution in [0.2, 0.25) is 0 Å². The Morgan fingerprint density at radius 2 is 2.27 bits per heavy atom. The van der Waals surface area contributed by atoms with Gasteiger partial charge in [-0.05, 0) is 26.0 Å². The highest BCUT2D eigenvalue weighted by atomic mass is 16.4. The summed E-state index contributed by atoms with van der Waals surface area (Å²) < 4.78 is 0. The Labute approximate surface area is 66.3 Å². The van der Waals surface area contributed by atoms with Crippen LogP contribution in [0, 0.1) is 0 Å². The lowest BCUT2D eigenvalue weighted by molar-refractivity contribution is -0.132. The number of nitrogens with zero attached hydrogens (tertiary/aromatic N) is 1. The molecule has 0 aromatic rings. The maximum absolute atomic E-state index is 10.5. The molecule has 3 nitrogen and oxygen atoms in total. The fourth-order valence-electron chi connectivity index (χ4n) is 1.27. The molecule has 3 heteroatoms. The summed E-state index contributed by atoms with van der Waals surface area (Å²) in [5, 5.41) is 8.65. The van der Waals surface area contributed by atoms with E-state index in [0.29, 0.717) is 5.57 Å². The first-order chi connectivity index (χ1) is 5.11. The zero-order valence-electron chi connectivity index (χ0n) is 6.92. The maximum Gasteiger partial charge on any atom is 0.331 e. The van der Waals surface area contributed by atoms with Gasteiger partial charge in [-0.15, -0.1) is 0 Å². The van der Waals surface area contributed by atoms with Crippen molar-refractivity contribution in [3.63, 3.8) is 0 Å². The minimum Gasteiger partial charge on any atom is -0.478 e. The molecule has 1 rings (SSSR count). The highest BCUT2D eigenvalue weighted by Gasteiger charge is 2.17. The standard InChI is InChI=1S/C8H13NO2/c1-6(8(10)11)7-3-4-9(2)5-7/h3-5H2,1-2H3,(H,10,11). The number of aliphatic carboxylic acids is 1. The van der Waals surface area contributed by atoms with Crippen molar-refractivity contribution in [2.45, 2.75) is 13.3 Å². The molecule has 1 fully saturated rings. The van der Waals surface area contributed by atoms with Gasteiger partial charge >= 0.3 is 5.97 Å². The van der Waals surface area contributed by atoms with Crippen LogP contribution in [-0.2, 0) is 4.79 Å². The predicted octanol–water partition coefficient (Wildman–Crippen LogP) is 0.723. The van der Waals surface area contributed by atoms with Crippen LogP contribution in [0.1, 0.15) is 13.3 Å². The SMILES string of the molecule is CC(C(=O)O)=C1CCN(C)C1. The van der Waals surface area contributed by atoms with Crippen LogP contribution in [0.3, 0.4) is 0 Å². The van der Waals surface area contributed by atoms with Crippen molar-refractivity contribution in [3.8, 4) is 0 Å². The van der Waals surface area contributed by atoms with Gasteiger partial charge in [-0.2, -0.15) is 0 Å². The number of hydrogen-bond donors (Lipinski definition) is 1. The summed E-state index contributed by atoms with van der Waals surface area (Å²) in [6.45, 7) is 3.48. The quantitative estimate of drug-likeness (QED) is 0.567. The number of carboxylic acid groups (broad SMARTS) is 1. The summed E-state index contributed by atoms with van der Waals surface area (Å²) in [7, 11) is 2.00. The third-order valence-electron chi connectivity index (χ3n) is 2.11. The van der Waals surface area contributed by atoms with Crippen molar-refractivity contribution in [1.82, 2.24) is 4.90 Å². The van der Waals surface area contributed by atoms with Crippen LogP contribution in [0.5, 0.6) is 0 Å². The van der Waals surface area contributed by atoms with Crippen molar-refractivity contribution in [2.24, 2.45) is 0 Å². The normalized spacial score (nSPS) is 23.8. The van der Waals surface area contributed by atoms with E-state index in [9.17, 15) is 4.79 Å². The Morgan fingerprint density at radius 3 is 2.64 bits per heavy atom. The molecular weight excluding hydrogens is 142 g/mol. The Bertz CT molecular complexity index is 208. The fraction of sp³-hybridized carbons (Fsp3) is 0.625. The topological polar surface area (TPSA) is 40.5 Å². The number of likely N-dealkylation sites (tertiary alicyclic amines) is 1. The summed E-state index contributed by atoms with van der Waals surface area (Å²) in [6, 6.07) is 0. The third kappa shape index (κ3) is 1.80. The lowest BCUT2D eigenvalue weighted by Gasteiger charge is -2.03. The molecule has 1 heterocycles. The largest absolute Gasteiger partial charge is 0.478 e. The van der Waals surface area contributed by atoms with E-state index in [4.69, 9.17) is 5.11 Å². The van der Waals surface area contributed by atoms with Crippen molar-refractivity contribution < 1.29 is 9.90 Å². The fourth-order valence-corrected chi connectivity index (χ4v) is 1.27. The van der Waals surface area contributed by atoms with Crippen LogP contribution >= 0.6 is 0 Å². The van der Waals surface area contributed by atoms with Crippen molar-refractivity contribution >= 4 is 5.97 Å². The van der Waals surface area contributed by atoms with Gasteiger partial charge in [-0.1, -0.05) is 0 Å². The van der Waals surface area contributed by atoms with Gasteiger partial charge < -0.3 is 10.0 Å². The molecule has 1 aliphatic heterocycles. The lowest BCUT2D eigenvalue weighted by Crippen LogP contribution is -2.12. The van der Waals surface area contributed by atoms with Crippen molar-refractivity contribution in [2.75, 3.05) is 20.1 Å². The highest BCUT2D eigenvalue weighted by molar-refractivity contribution is 5.86. The number of carboxylic acids is 1. The van der Waals surface area contributed by atoms with Crippen LogP contribution in [0.4, 0.5) is 0 Å². The zero-order valence-corrected chi connectivity index (χ0v) is 6.92. The average molecular weight is 155 g/mol. The first-order valence-corrected chi connectivity index (χ1v) is 3.71. The number of rotatable bonds is 1. The molecule has 0 saturated carbocycles. The Hall–Kier alpha value is -0.830. The van der Waals surface area contributed by atoms with Crippen molar-refractivity contribution in [1.29, 1.82) is 0 Å². The molecule has 0 aromatic carbocycles. The van der Waals surface area contributed by atoms with E-state index < -0.39 is 5.97 Å². The Morgan fingerprint density at radius 1 is 1.64 bits per heavy atom. The molecule has 0 amide bonds. The number of carbonyl (C=O) groups is 1. The van der Waals surface area contributed by atoms with E-state index in [1.165, 1.54) is 0 Å². The second-order valence-electron chi connectivity index (χ2n) is 3.02. The maximum atomic E-state index is 10.5. The van der Waals surface area contributed by atoms with E-state index in [1.807, 2.05) is 7.05 Å². The third-order valence-corrected chi connectivity index (χ3v) is 2.11. The monoisotopic (exact) mass is 155 g/mol. The van der Waals surface area contributed by atoms with Crippen LogP contribution in [0.25, 0.3) is 0 Å². The van der Waals surface area contributed by atoms with E-state index in [0.717, 1.165) is 25.1 Å². The molecule has 0 spiro atoms. The molecule has 1 saturated heterocycles. The molecule has 0 radical (unpaired) electrons. The first kappa shape index (κ1) is 8.27. The molecule has 1 aliphatic rings. The highest BCUT2D eigenvalue weighted by Crippen LogP contribution is 2.17. The van der Waals surface area contributed by atoms with Crippen molar-refractivity contribution in [3.05, 3.63) is 11.1 Å². The smallest absolute Gasteiger partial charge is 0.331 e. The summed E-state index contributed by atoms with van der Waals surface area (Å²) >= 11 is 0. The Balaban J connectivity index is 2.73. The van der Waals surface area contributed by atoms with Crippen LogP contribution in [-0.4, -0.2) is 36.1 Å². The van der Waals surface area contributed by atoms with Gasteiger partial charge in [0, 0.05) is 18.7 Å². The summed E-state index contributed by atoms with van der Waals surface area (Å²) in [5.41, 5.74) is 1.59. The van der Waals surface area contributed by atoms with Gasteiger partial charge in [0.15, 0.2) is 0 Å². The summed E-state index contributed by atoms with van der Waals surface area (Å²) in [4.78, 5) is 12.6. The van der Waals surface area contributed by atoms with E-state index in [1.54, 1.807) is 6.92 Å². The molecule has 1 N–H and O–H groups in total. The second kappa shape index (κ2) is 3.05. The van der Waals surface area contributed by atoms with E-state index in [2.05, 4.69) is 4.90 Å². The number of hydrogen-bond acceptors (Lipinski definition) is 2. The zero-order chi connectivity index (χ0) is 8.43. The van der Waals surface area contributed by atoms with Gasteiger partial charge in [-0.25, -0.2) is 4.79 Å². The van der Waals surface area contributed by atoms with Gasteiger partial charge in [0.1, 0.15) is 0 Å². The number of likely N-dealkylation sites (N-methyl/N-ethyl adjacent to an activating group) is 1. The molecule has 0 bridgehead atoms. The summed E-state index contributed by atoms with van der Waals surface area (Å²) in [5.74, 6) is -0.782. The van der Waals surface area contributed by atoms with E-state index >= 15 is 0 Å². The minimum atomic E-state index is -0.782. The molecule has 62 valence electrons. The predicted molar refractivity (Wildman–Crippen MR) is 42.4 cm³/mol. The van der Waals surface area contributed by atoms with Crippen LogP contribution < -0.4 is 0 Å². The van der Waals surface area contributed by atoms with Gasteiger partial charge in [0.05, 0.1) is 0 Å². The van der Waals surface area contributed by atoms with Gasteiger partial charge in [-0.3, -0.25) is 0 Å². The second-order valence-corrected chi connectivity index (χ2v) is 3.02. The van der Waals surface area contributed by atoms with Crippen LogP contribution in [0.15, 0.2) is 11.1 Å². The molecule has 0 unspecified atom stereocenters. The van der Waals surface area contributed by atoms with Gasteiger partial charge in [0.2, 0.25) is 0 Å². The first-order valence-electron chi connectivity index (χ1n) is 3.71. The lowest BCUT2D eigenvalue weighted by atomic mass is 10.1. The molecule has 0 aliphatic carbocycles. The van der Waals surface area contributed by atoms with E-state index in [-0.39, 0.29) is 0 Å². The summed E-state index contributed by atoms with van der Waals surface area (Å²) in [6.07, 6.45) is 0.911. The molecule has 0 atom stereocenters. The molecular formula is C8H13NO2. The molecule has 0 aromatic heterocycles. The average Bonchev–Trinajstić information content (AvgIpc) is 2.34. The minimum absolute atomic E-state index is 0.523. The van der Waals surface area contributed by atoms with Gasteiger partial charge in [0.25, 0.3) is 0 Å².